The number of rotatable bonds is 7. The van der Waals surface area contributed by atoms with Crippen molar-refractivity contribution in [2.75, 3.05) is 14.2 Å². The van der Waals surface area contributed by atoms with Gasteiger partial charge in [0.2, 0.25) is 5.91 Å². The van der Waals surface area contributed by atoms with Crippen LogP contribution in [0, 0.1) is 0 Å². The molecule has 0 aromatic heterocycles. The van der Waals surface area contributed by atoms with Gasteiger partial charge in [-0.05, 0) is 41.5 Å². The Hall–Kier alpha value is -3.48. The minimum atomic E-state index is -0.869. The van der Waals surface area contributed by atoms with E-state index in [0.29, 0.717) is 5.56 Å². The van der Waals surface area contributed by atoms with E-state index >= 15 is 0 Å². The molecule has 142 valence electrons. The maximum Gasteiger partial charge on any atom is 0.328 e. The van der Waals surface area contributed by atoms with Crippen LogP contribution < -0.4 is 10.1 Å². The quantitative estimate of drug-likeness (QED) is 0.508. The number of hydrogen-bond acceptors (Lipinski definition) is 6. The van der Waals surface area contributed by atoms with E-state index in [-0.39, 0.29) is 23.7 Å². The van der Waals surface area contributed by atoms with Crippen LogP contribution in [0.3, 0.4) is 0 Å². The molecule has 1 amide bonds. The Kier molecular flexibility index (Phi) is 6.82. The molecule has 2 rings (SSSR count). The summed E-state index contributed by atoms with van der Waals surface area (Å²) in [5.41, 5.74) is 1.41. The standard InChI is InChI=1S/C20H21NO6/c1-26-18-12-14(5-9-17(18)23)6-10-19(24)21-16(20(25)27-2)11-13-3-7-15(22)8-4-13/h3-10,12,16,22-23H,11H2,1-2H3,(H,21,24)/t16-/m0/s1. The van der Waals surface area contributed by atoms with Crippen molar-refractivity contribution in [3.63, 3.8) is 0 Å². The fraction of sp³-hybridized carbons (Fsp3) is 0.200. The molecule has 2 aromatic carbocycles. The van der Waals surface area contributed by atoms with Crippen LogP contribution in [0.2, 0.25) is 0 Å². The number of methoxy groups -OCH3 is 2. The van der Waals surface area contributed by atoms with Gasteiger partial charge in [0, 0.05) is 12.5 Å². The van der Waals surface area contributed by atoms with Gasteiger partial charge in [0.05, 0.1) is 14.2 Å². The number of nitrogens with one attached hydrogen (secondary N) is 1. The third-order valence-electron chi connectivity index (χ3n) is 3.81. The Labute approximate surface area is 156 Å². The molecule has 0 fully saturated rings. The van der Waals surface area contributed by atoms with Crippen LogP contribution in [0.25, 0.3) is 6.08 Å². The zero-order chi connectivity index (χ0) is 19.8. The molecule has 0 aliphatic heterocycles. The first kappa shape index (κ1) is 19.8. The van der Waals surface area contributed by atoms with Gasteiger partial charge in [0.15, 0.2) is 11.5 Å². The number of carbonyl (C=O) groups is 2. The van der Waals surface area contributed by atoms with Crippen molar-refractivity contribution < 1.29 is 29.3 Å². The summed E-state index contributed by atoms with van der Waals surface area (Å²) in [4.78, 5) is 24.1. The molecule has 0 bridgehead atoms. The van der Waals surface area contributed by atoms with Gasteiger partial charge >= 0.3 is 5.97 Å². The molecule has 0 aliphatic rings. The van der Waals surface area contributed by atoms with E-state index < -0.39 is 17.9 Å². The highest BCUT2D eigenvalue weighted by Crippen LogP contribution is 2.26. The van der Waals surface area contributed by atoms with E-state index in [1.165, 1.54) is 44.6 Å². The number of aromatic hydroxyl groups is 2. The van der Waals surface area contributed by atoms with E-state index in [1.807, 2.05) is 0 Å². The molecule has 0 spiro atoms. The summed E-state index contributed by atoms with van der Waals surface area (Å²) in [6.45, 7) is 0. The predicted octanol–water partition coefficient (Wildman–Crippen LogP) is 2.02. The number of ether oxygens (including phenoxy) is 2. The number of amides is 1. The van der Waals surface area contributed by atoms with Crippen LogP contribution in [0.4, 0.5) is 0 Å². The lowest BCUT2D eigenvalue weighted by Crippen LogP contribution is -2.42. The number of phenols is 2. The third-order valence-corrected chi connectivity index (χ3v) is 3.81. The highest BCUT2D eigenvalue weighted by molar-refractivity contribution is 5.94. The summed E-state index contributed by atoms with van der Waals surface area (Å²) in [6.07, 6.45) is 3.03. The van der Waals surface area contributed by atoms with Gasteiger partial charge < -0.3 is 25.0 Å². The Balaban J connectivity index is 2.06. The Bertz CT molecular complexity index is 829. The second kappa shape index (κ2) is 9.28. The van der Waals surface area contributed by atoms with Gasteiger partial charge in [0.25, 0.3) is 0 Å². The SMILES string of the molecule is COC(=O)[C@H](Cc1ccc(O)cc1)NC(=O)C=Cc1ccc(O)c(OC)c1. The third kappa shape index (κ3) is 5.78. The smallest absolute Gasteiger partial charge is 0.328 e. The molecule has 0 radical (unpaired) electrons. The molecule has 0 unspecified atom stereocenters. The van der Waals surface area contributed by atoms with Crippen molar-refractivity contribution in [2.24, 2.45) is 0 Å². The Morgan fingerprint density at radius 3 is 2.44 bits per heavy atom. The number of esters is 1. The van der Waals surface area contributed by atoms with E-state index in [4.69, 9.17) is 9.47 Å². The van der Waals surface area contributed by atoms with E-state index in [9.17, 15) is 19.8 Å². The monoisotopic (exact) mass is 371 g/mol. The first-order valence-corrected chi connectivity index (χ1v) is 8.14. The molecule has 0 heterocycles. The minimum Gasteiger partial charge on any atom is -0.508 e. The minimum absolute atomic E-state index is 0.00115. The van der Waals surface area contributed by atoms with Crippen molar-refractivity contribution in [2.45, 2.75) is 12.5 Å². The lowest BCUT2D eigenvalue weighted by molar-refractivity contribution is -0.144. The highest BCUT2D eigenvalue weighted by atomic mass is 16.5. The summed E-state index contributed by atoms with van der Waals surface area (Å²) in [5, 5.41) is 21.5. The summed E-state index contributed by atoms with van der Waals surface area (Å²) in [7, 11) is 2.68. The average molecular weight is 371 g/mol. The van der Waals surface area contributed by atoms with Crippen LogP contribution in [0.15, 0.2) is 48.5 Å². The molecule has 0 aliphatic carbocycles. The summed E-state index contributed by atoms with van der Waals surface area (Å²) < 4.78 is 9.76. The number of hydrogen-bond donors (Lipinski definition) is 3. The Morgan fingerprint density at radius 1 is 1.11 bits per heavy atom. The molecular weight excluding hydrogens is 350 g/mol. The number of carbonyl (C=O) groups excluding carboxylic acids is 2. The lowest BCUT2D eigenvalue weighted by Gasteiger charge is -2.15. The maximum atomic E-state index is 12.2. The first-order chi connectivity index (χ1) is 12.9. The number of phenolic OH excluding ortho intramolecular Hbond substituents is 2. The van der Waals surface area contributed by atoms with Crippen molar-refractivity contribution in [1.29, 1.82) is 0 Å². The topological polar surface area (TPSA) is 105 Å². The lowest BCUT2D eigenvalue weighted by atomic mass is 10.1. The van der Waals surface area contributed by atoms with Crippen LogP contribution in [-0.2, 0) is 20.7 Å². The molecule has 7 heteroatoms. The zero-order valence-corrected chi connectivity index (χ0v) is 15.0. The fourth-order valence-electron chi connectivity index (χ4n) is 2.39. The molecular formula is C20H21NO6. The summed E-state index contributed by atoms with van der Waals surface area (Å²) in [6, 6.07) is 10.1. The van der Waals surface area contributed by atoms with E-state index in [1.54, 1.807) is 24.3 Å². The molecule has 0 saturated carbocycles. The maximum absolute atomic E-state index is 12.2. The molecule has 2 aromatic rings. The second-order valence-electron chi connectivity index (χ2n) is 5.72. The normalized spacial score (nSPS) is 11.8. The largest absolute Gasteiger partial charge is 0.508 e. The second-order valence-corrected chi connectivity index (χ2v) is 5.72. The summed E-state index contributed by atoms with van der Waals surface area (Å²) in [5.74, 6) is -0.645. The molecule has 27 heavy (non-hydrogen) atoms. The average Bonchev–Trinajstić information content (AvgIpc) is 2.67. The molecule has 0 saturated heterocycles. The van der Waals surface area contributed by atoms with Crippen molar-refractivity contribution in [3.8, 4) is 17.2 Å². The van der Waals surface area contributed by atoms with Crippen LogP contribution in [-0.4, -0.2) is 42.4 Å². The van der Waals surface area contributed by atoms with Gasteiger partial charge in [-0.25, -0.2) is 4.79 Å². The molecule has 3 N–H and O–H groups in total. The molecule has 7 nitrogen and oxygen atoms in total. The van der Waals surface area contributed by atoms with Gasteiger partial charge in [0.1, 0.15) is 11.8 Å². The van der Waals surface area contributed by atoms with Gasteiger partial charge in [-0.1, -0.05) is 18.2 Å². The van der Waals surface area contributed by atoms with Gasteiger partial charge in [-0.2, -0.15) is 0 Å². The Morgan fingerprint density at radius 2 is 1.81 bits per heavy atom. The first-order valence-electron chi connectivity index (χ1n) is 8.14. The van der Waals surface area contributed by atoms with E-state index in [2.05, 4.69) is 5.32 Å². The van der Waals surface area contributed by atoms with Gasteiger partial charge in [-0.15, -0.1) is 0 Å². The van der Waals surface area contributed by atoms with E-state index in [0.717, 1.165) is 5.56 Å². The van der Waals surface area contributed by atoms with Crippen LogP contribution in [0.1, 0.15) is 11.1 Å². The predicted molar refractivity (Wildman–Crippen MR) is 99.5 cm³/mol. The molecule has 1 atom stereocenters. The fourth-order valence-corrected chi connectivity index (χ4v) is 2.39. The van der Waals surface area contributed by atoms with Crippen molar-refractivity contribution >= 4 is 18.0 Å². The van der Waals surface area contributed by atoms with Crippen LogP contribution >= 0.6 is 0 Å². The highest BCUT2D eigenvalue weighted by Gasteiger charge is 2.21. The summed E-state index contributed by atoms with van der Waals surface area (Å²) >= 11 is 0. The number of benzene rings is 2. The van der Waals surface area contributed by atoms with Gasteiger partial charge in [-0.3, -0.25) is 4.79 Å². The van der Waals surface area contributed by atoms with Crippen molar-refractivity contribution in [3.05, 3.63) is 59.7 Å². The van der Waals surface area contributed by atoms with Crippen molar-refractivity contribution in [1.82, 2.24) is 5.32 Å². The van der Waals surface area contributed by atoms with Crippen LogP contribution in [0.5, 0.6) is 17.2 Å². The zero-order valence-electron chi connectivity index (χ0n) is 15.0.